The highest BCUT2D eigenvalue weighted by atomic mass is 15.0. The van der Waals surface area contributed by atoms with Crippen LogP contribution in [0.2, 0.25) is 0 Å². The van der Waals surface area contributed by atoms with E-state index in [9.17, 15) is 0 Å². The second-order valence-corrected chi connectivity index (χ2v) is 6.35. The molecule has 0 spiro atoms. The maximum Gasteiger partial charge on any atom is 0.132 e. The van der Waals surface area contributed by atoms with Crippen molar-refractivity contribution in [1.29, 1.82) is 0 Å². The molecule has 0 aliphatic heterocycles. The first-order valence-corrected chi connectivity index (χ1v) is 9.53. The molecule has 0 fully saturated rings. The van der Waals surface area contributed by atoms with Crippen molar-refractivity contribution in [2.24, 2.45) is 0 Å². The van der Waals surface area contributed by atoms with Gasteiger partial charge in [0.25, 0.3) is 0 Å². The van der Waals surface area contributed by atoms with Gasteiger partial charge in [0.15, 0.2) is 0 Å². The predicted octanol–water partition coefficient (Wildman–Crippen LogP) is 5.68. The number of nitrogens with zero attached hydrogens (tertiary/aromatic N) is 3. The van der Waals surface area contributed by atoms with Gasteiger partial charge >= 0.3 is 0 Å². The Morgan fingerprint density at radius 3 is 1.45 bits per heavy atom. The smallest absolute Gasteiger partial charge is 0.132 e. The van der Waals surface area contributed by atoms with Crippen LogP contribution in [0.4, 0.5) is 0 Å². The van der Waals surface area contributed by atoms with Gasteiger partial charge in [-0.15, -0.1) is 0 Å². The lowest BCUT2D eigenvalue weighted by atomic mass is 10.1. The Hall–Kier alpha value is -0.990. The van der Waals surface area contributed by atoms with E-state index in [0.29, 0.717) is 0 Å². The Kier molecular flexibility index (Phi) is 11.8. The van der Waals surface area contributed by atoms with Gasteiger partial charge in [-0.3, -0.25) is 0 Å². The molecule has 0 saturated carbocycles. The molecule has 1 aromatic rings. The topological polar surface area (TPSA) is 38.7 Å². The van der Waals surface area contributed by atoms with E-state index in [2.05, 4.69) is 28.8 Å². The molecule has 3 nitrogen and oxygen atoms in total. The molecule has 126 valence electrons. The van der Waals surface area contributed by atoms with Gasteiger partial charge in [-0.25, -0.2) is 15.0 Å². The summed E-state index contributed by atoms with van der Waals surface area (Å²) in [4.78, 5) is 13.3. The molecule has 1 rings (SSSR count). The Balaban J connectivity index is 2.13. The summed E-state index contributed by atoms with van der Waals surface area (Å²) < 4.78 is 0. The van der Waals surface area contributed by atoms with Gasteiger partial charge in [-0.05, 0) is 12.8 Å². The van der Waals surface area contributed by atoms with Crippen LogP contribution in [-0.4, -0.2) is 15.0 Å². The molecule has 0 amide bonds. The van der Waals surface area contributed by atoms with Crippen LogP contribution in [0.3, 0.4) is 0 Å². The zero-order chi connectivity index (χ0) is 15.9. The van der Waals surface area contributed by atoms with Crippen LogP contribution < -0.4 is 0 Å². The summed E-state index contributed by atoms with van der Waals surface area (Å²) in [6.45, 7) is 4.52. The van der Waals surface area contributed by atoms with Crippen LogP contribution in [0.15, 0.2) is 6.33 Å². The SMILES string of the molecule is CCCCCCCCc1ncnc(CCCCCCCC)n1. The third kappa shape index (κ3) is 9.86. The zero-order valence-corrected chi connectivity index (χ0v) is 14.8. The summed E-state index contributed by atoms with van der Waals surface area (Å²) in [6, 6.07) is 0. The zero-order valence-electron chi connectivity index (χ0n) is 14.8. The lowest BCUT2D eigenvalue weighted by Gasteiger charge is -2.04. The van der Waals surface area contributed by atoms with Crippen molar-refractivity contribution in [1.82, 2.24) is 15.0 Å². The summed E-state index contributed by atoms with van der Waals surface area (Å²) in [6.07, 6.45) is 19.6. The average Bonchev–Trinajstić information content (AvgIpc) is 2.54. The highest BCUT2D eigenvalue weighted by molar-refractivity contribution is 4.91. The Labute approximate surface area is 137 Å². The lowest BCUT2D eigenvalue weighted by Crippen LogP contribution is -2.02. The molecule has 0 atom stereocenters. The van der Waals surface area contributed by atoms with Gasteiger partial charge in [0.2, 0.25) is 0 Å². The van der Waals surface area contributed by atoms with Crippen LogP contribution in [0.5, 0.6) is 0 Å². The molecule has 0 unspecified atom stereocenters. The van der Waals surface area contributed by atoms with Crippen LogP contribution in [0.1, 0.15) is 103 Å². The summed E-state index contributed by atoms with van der Waals surface area (Å²) in [5.41, 5.74) is 0. The Bertz CT molecular complexity index is 334. The number of rotatable bonds is 14. The van der Waals surface area contributed by atoms with Gasteiger partial charge in [0.1, 0.15) is 18.0 Å². The van der Waals surface area contributed by atoms with E-state index in [0.717, 1.165) is 24.5 Å². The normalized spacial score (nSPS) is 11.0. The summed E-state index contributed by atoms with van der Waals surface area (Å²) >= 11 is 0. The molecule has 3 heteroatoms. The second kappa shape index (κ2) is 13.7. The fourth-order valence-electron chi connectivity index (χ4n) is 2.74. The van der Waals surface area contributed by atoms with Gasteiger partial charge in [0, 0.05) is 12.8 Å². The number of aryl methyl sites for hydroxylation is 2. The fourth-order valence-corrected chi connectivity index (χ4v) is 2.74. The number of hydrogen-bond acceptors (Lipinski definition) is 3. The maximum atomic E-state index is 4.62. The van der Waals surface area contributed by atoms with Gasteiger partial charge < -0.3 is 0 Å². The number of hydrogen-bond donors (Lipinski definition) is 0. The minimum atomic E-state index is 0.992. The fraction of sp³-hybridized carbons (Fsp3) is 0.842. The second-order valence-electron chi connectivity index (χ2n) is 6.35. The van der Waals surface area contributed by atoms with Gasteiger partial charge in [-0.2, -0.15) is 0 Å². The monoisotopic (exact) mass is 305 g/mol. The van der Waals surface area contributed by atoms with E-state index in [-0.39, 0.29) is 0 Å². The van der Waals surface area contributed by atoms with E-state index in [1.54, 1.807) is 6.33 Å². The Morgan fingerprint density at radius 1 is 0.591 bits per heavy atom. The minimum Gasteiger partial charge on any atom is -0.221 e. The largest absolute Gasteiger partial charge is 0.221 e. The molecule has 0 aromatic carbocycles. The molecule has 0 N–H and O–H groups in total. The summed E-state index contributed by atoms with van der Waals surface area (Å²) in [5.74, 6) is 1.98. The number of aromatic nitrogens is 3. The van der Waals surface area contributed by atoms with Gasteiger partial charge in [0.05, 0.1) is 0 Å². The van der Waals surface area contributed by atoms with Crippen molar-refractivity contribution in [3.63, 3.8) is 0 Å². The van der Waals surface area contributed by atoms with Crippen LogP contribution in [0, 0.1) is 0 Å². The van der Waals surface area contributed by atoms with Crippen molar-refractivity contribution >= 4 is 0 Å². The highest BCUT2D eigenvalue weighted by Crippen LogP contribution is 2.09. The number of unbranched alkanes of at least 4 members (excludes halogenated alkanes) is 10. The predicted molar refractivity (Wildman–Crippen MR) is 94.0 cm³/mol. The lowest BCUT2D eigenvalue weighted by molar-refractivity contribution is 0.589. The highest BCUT2D eigenvalue weighted by Gasteiger charge is 2.01. The van der Waals surface area contributed by atoms with E-state index in [4.69, 9.17) is 0 Å². The average molecular weight is 306 g/mol. The molecular formula is C19H35N3. The van der Waals surface area contributed by atoms with E-state index < -0.39 is 0 Å². The van der Waals surface area contributed by atoms with Crippen molar-refractivity contribution in [3.8, 4) is 0 Å². The molecule has 0 bridgehead atoms. The molecule has 0 aliphatic rings. The Morgan fingerprint density at radius 2 is 1.00 bits per heavy atom. The molecule has 0 saturated heterocycles. The molecule has 22 heavy (non-hydrogen) atoms. The quantitative estimate of drug-likeness (QED) is 0.415. The minimum absolute atomic E-state index is 0.992. The molecule has 0 radical (unpaired) electrons. The summed E-state index contributed by atoms with van der Waals surface area (Å²) in [5, 5.41) is 0. The van der Waals surface area contributed by atoms with Crippen LogP contribution >= 0.6 is 0 Å². The van der Waals surface area contributed by atoms with E-state index in [1.165, 1.54) is 77.0 Å². The molecule has 0 aliphatic carbocycles. The molecule has 1 aromatic heterocycles. The first kappa shape index (κ1) is 19.1. The first-order valence-electron chi connectivity index (χ1n) is 9.53. The van der Waals surface area contributed by atoms with Crippen molar-refractivity contribution in [3.05, 3.63) is 18.0 Å². The van der Waals surface area contributed by atoms with Crippen molar-refractivity contribution < 1.29 is 0 Å². The first-order chi connectivity index (χ1) is 10.9. The summed E-state index contributed by atoms with van der Waals surface area (Å²) in [7, 11) is 0. The third-order valence-electron chi connectivity index (χ3n) is 4.18. The third-order valence-corrected chi connectivity index (χ3v) is 4.18. The molecule has 1 heterocycles. The van der Waals surface area contributed by atoms with Crippen LogP contribution in [-0.2, 0) is 12.8 Å². The molecular weight excluding hydrogens is 270 g/mol. The van der Waals surface area contributed by atoms with Crippen molar-refractivity contribution in [2.45, 2.75) is 104 Å². The van der Waals surface area contributed by atoms with Gasteiger partial charge in [-0.1, -0.05) is 78.1 Å². The van der Waals surface area contributed by atoms with Crippen molar-refractivity contribution in [2.75, 3.05) is 0 Å². The maximum absolute atomic E-state index is 4.62. The van der Waals surface area contributed by atoms with E-state index >= 15 is 0 Å². The van der Waals surface area contributed by atoms with Crippen LogP contribution in [0.25, 0.3) is 0 Å². The van der Waals surface area contributed by atoms with E-state index in [1.807, 2.05) is 0 Å². The standard InChI is InChI=1S/C19H35N3/c1-3-5-7-9-11-13-15-18-20-17-21-19(22-18)16-14-12-10-8-6-4-2/h17H,3-16H2,1-2H3.